The molecule has 0 bridgehead atoms. The molecule has 0 radical (unpaired) electrons. The second-order valence-electron chi connectivity index (χ2n) is 5.14. The molecule has 1 saturated heterocycles. The summed E-state index contributed by atoms with van der Waals surface area (Å²) in [4.78, 5) is 11.4. The maximum absolute atomic E-state index is 11.4. The Morgan fingerprint density at radius 3 is 2.55 bits per heavy atom. The van der Waals surface area contributed by atoms with Crippen molar-refractivity contribution in [3.05, 3.63) is 41.5 Å². The third-order valence-corrected chi connectivity index (χ3v) is 4.05. The van der Waals surface area contributed by atoms with Gasteiger partial charge in [-0.2, -0.15) is 0 Å². The molecule has 0 spiro atoms. The fraction of sp³-hybridized carbons (Fsp3) is 0.353. The van der Waals surface area contributed by atoms with Gasteiger partial charge in [-0.15, -0.1) is 0 Å². The van der Waals surface area contributed by atoms with Gasteiger partial charge in [0.15, 0.2) is 6.29 Å². The third kappa shape index (κ3) is 2.18. The van der Waals surface area contributed by atoms with E-state index in [0.717, 1.165) is 37.7 Å². The molecule has 0 unspecified atom stereocenters. The summed E-state index contributed by atoms with van der Waals surface area (Å²) in [5.74, 6) is 1.13. The van der Waals surface area contributed by atoms with Gasteiger partial charge in [-0.25, -0.2) is 0 Å². The summed E-state index contributed by atoms with van der Waals surface area (Å²) in [7, 11) is 1.61. The minimum absolute atomic E-state index is 0.457. The maximum atomic E-state index is 11.4. The van der Waals surface area contributed by atoms with E-state index in [4.69, 9.17) is 9.47 Å². The summed E-state index contributed by atoms with van der Waals surface area (Å²) in [6.07, 6.45) is 2.90. The molecule has 3 heteroatoms. The number of methoxy groups -OCH3 is 1. The first kappa shape index (κ1) is 13.1. The van der Waals surface area contributed by atoms with Crippen molar-refractivity contribution in [2.24, 2.45) is 0 Å². The molecule has 1 aliphatic rings. The Hall–Kier alpha value is -1.87. The normalized spacial score (nSPS) is 16.2. The van der Waals surface area contributed by atoms with Crippen LogP contribution in [0.4, 0.5) is 0 Å². The Morgan fingerprint density at radius 2 is 1.90 bits per heavy atom. The highest BCUT2D eigenvalue weighted by Gasteiger charge is 2.21. The number of benzene rings is 2. The maximum Gasteiger partial charge on any atom is 0.153 e. The summed E-state index contributed by atoms with van der Waals surface area (Å²) in [6, 6.07) is 10.1. The Bertz CT molecular complexity index is 627. The van der Waals surface area contributed by atoms with Crippen molar-refractivity contribution >= 4 is 17.1 Å². The Kier molecular flexibility index (Phi) is 3.70. The molecule has 2 aromatic carbocycles. The third-order valence-electron chi connectivity index (χ3n) is 4.05. The molecule has 0 saturated carbocycles. The number of aldehydes is 1. The van der Waals surface area contributed by atoms with Crippen LogP contribution in [0.25, 0.3) is 10.8 Å². The van der Waals surface area contributed by atoms with Crippen molar-refractivity contribution in [2.75, 3.05) is 20.3 Å². The van der Waals surface area contributed by atoms with Gasteiger partial charge in [0, 0.05) is 18.6 Å². The zero-order chi connectivity index (χ0) is 13.9. The predicted octanol–water partition coefficient (Wildman–Crippen LogP) is 3.55. The van der Waals surface area contributed by atoms with Crippen molar-refractivity contribution in [1.82, 2.24) is 0 Å². The van der Waals surface area contributed by atoms with Crippen LogP contribution in [0.5, 0.6) is 5.75 Å². The van der Waals surface area contributed by atoms with Crippen LogP contribution < -0.4 is 4.74 Å². The fourth-order valence-corrected chi connectivity index (χ4v) is 3.06. The van der Waals surface area contributed by atoms with E-state index in [1.807, 2.05) is 24.3 Å². The zero-order valence-corrected chi connectivity index (χ0v) is 11.6. The van der Waals surface area contributed by atoms with Gasteiger partial charge >= 0.3 is 0 Å². The van der Waals surface area contributed by atoms with Crippen molar-refractivity contribution < 1.29 is 14.3 Å². The second kappa shape index (κ2) is 5.63. The van der Waals surface area contributed by atoms with Crippen molar-refractivity contribution in [2.45, 2.75) is 18.8 Å². The minimum atomic E-state index is 0.457. The highest BCUT2D eigenvalue weighted by atomic mass is 16.5. The SMILES string of the molecule is COc1c(C=O)cc(C2CCOCC2)c2ccccc12. The van der Waals surface area contributed by atoms with Gasteiger partial charge < -0.3 is 9.47 Å². The molecule has 1 heterocycles. The van der Waals surface area contributed by atoms with Crippen LogP contribution in [-0.2, 0) is 4.74 Å². The number of hydrogen-bond acceptors (Lipinski definition) is 3. The average Bonchev–Trinajstić information content (AvgIpc) is 2.54. The zero-order valence-electron chi connectivity index (χ0n) is 11.6. The minimum Gasteiger partial charge on any atom is -0.495 e. The molecule has 0 N–H and O–H groups in total. The molecule has 20 heavy (non-hydrogen) atoms. The molecular formula is C17H18O3. The van der Waals surface area contributed by atoms with Gasteiger partial charge in [0.1, 0.15) is 5.75 Å². The number of hydrogen-bond donors (Lipinski definition) is 0. The number of fused-ring (bicyclic) bond motifs is 1. The van der Waals surface area contributed by atoms with E-state index in [0.29, 0.717) is 17.2 Å². The Labute approximate surface area is 118 Å². The van der Waals surface area contributed by atoms with E-state index in [-0.39, 0.29) is 0 Å². The number of carbonyl (C=O) groups is 1. The summed E-state index contributed by atoms with van der Waals surface area (Å²) in [5, 5.41) is 2.20. The average molecular weight is 270 g/mol. The molecule has 2 aromatic rings. The standard InChI is InChI=1S/C17H18O3/c1-19-17-13(11-18)10-16(12-6-8-20-9-7-12)14-4-2-3-5-15(14)17/h2-5,10-12H,6-9H2,1H3. The molecule has 1 aliphatic heterocycles. The van der Waals surface area contributed by atoms with Crippen LogP contribution >= 0.6 is 0 Å². The number of carbonyl (C=O) groups excluding carboxylic acids is 1. The lowest BCUT2D eigenvalue weighted by atomic mass is 9.86. The molecule has 3 nitrogen and oxygen atoms in total. The van der Waals surface area contributed by atoms with Crippen LogP contribution in [0.2, 0.25) is 0 Å². The fourth-order valence-electron chi connectivity index (χ4n) is 3.06. The van der Waals surface area contributed by atoms with Gasteiger partial charge in [-0.05, 0) is 35.8 Å². The molecule has 1 fully saturated rings. The van der Waals surface area contributed by atoms with Crippen molar-refractivity contribution in [3.63, 3.8) is 0 Å². The van der Waals surface area contributed by atoms with E-state index < -0.39 is 0 Å². The van der Waals surface area contributed by atoms with Crippen LogP contribution in [0, 0.1) is 0 Å². The van der Waals surface area contributed by atoms with E-state index in [1.54, 1.807) is 7.11 Å². The highest BCUT2D eigenvalue weighted by molar-refractivity contribution is 5.98. The van der Waals surface area contributed by atoms with E-state index in [9.17, 15) is 4.79 Å². The number of rotatable bonds is 3. The monoisotopic (exact) mass is 270 g/mol. The molecule has 0 aromatic heterocycles. The van der Waals surface area contributed by atoms with Crippen LogP contribution in [0.1, 0.15) is 34.7 Å². The lowest BCUT2D eigenvalue weighted by Gasteiger charge is -2.24. The van der Waals surface area contributed by atoms with Gasteiger partial charge in [-0.3, -0.25) is 4.79 Å². The Balaban J connectivity index is 2.22. The first-order valence-corrected chi connectivity index (χ1v) is 6.97. The van der Waals surface area contributed by atoms with E-state index in [1.165, 1.54) is 10.9 Å². The van der Waals surface area contributed by atoms with Gasteiger partial charge in [0.05, 0.1) is 12.7 Å². The molecule has 0 amide bonds. The second-order valence-corrected chi connectivity index (χ2v) is 5.14. The topological polar surface area (TPSA) is 35.5 Å². The lowest BCUT2D eigenvalue weighted by Crippen LogP contribution is -2.14. The van der Waals surface area contributed by atoms with Crippen LogP contribution in [0.3, 0.4) is 0 Å². The van der Waals surface area contributed by atoms with Gasteiger partial charge in [-0.1, -0.05) is 24.3 Å². The molecule has 104 valence electrons. The highest BCUT2D eigenvalue weighted by Crippen LogP contribution is 2.38. The number of ether oxygens (including phenoxy) is 2. The smallest absolute Gasteiger partial charge is 0.153 e. The molecular weight excluding hydrogens is 252 g/mol. The quantitative estimate of drug-likeness (QED) is 0.800. The van der Waals surface area contributed by atoms with E-state index in [2.05, 4.69) is 6.07 Å². The molecule has 0 aliphatic carbocycles. The largest absolute Gasteiger partial charge is 0.495 e. The Morgan fingerprint density at radius 1 is 1.20 bits per heavy atom. The predicted molar refractivity (Wildman–Crippen MR) is 78.7 cm³/mol. The van der Waals surface area contributed by atoms with Crippen molar-refractivity contribution in [1.29, 1.82) is 0 Å². The van der Waals surface area contributed by atoms with Gasteiger partial charge in [0.2, 0.25) is 0 Å². The molecule has 0 atom stereocenters. The summed E-state index contributed by atoms with van der Waals surface area (Å²) < 4.78 is 10.9. The van der Waals surface area contributed by atoms with E-state index >= 15 is 0 Å². The van der Waals surface area contributed by atoms with Crippen LogP contribution in [0.15, 0.2) is 30.3 Å². The first-order valence-electron chi connectivity index (χ1n) is 6.97. The first-order chi connectivity index (χ1) is 9.85. The van der Waals surface area contributed by atoms with Crippen molar-refractivity contribution in [3.8, 4) is 5.75 Å². The molecule has 3 rings (SSSR count). The summed E-state index contributed by atoms with van der Waals surface area (Å²) >= 11 is 0. The summed E-state index contributed by atoms with van der Waals surface area (Å²) in [5.41, 5.74) is 1.87. The van der Waals surface area contributed by atoms with Crippen LogP contribution in [-0.4, -0.2) is 26.6 Å². The summed E-state index contributed by atoms with van der Waals surface area (Å²) in [6.45, 7) is 1.59. The van der Waals surface area contributed by atoms with Gasteiger partial charge in [0.25, 0.3) is 0 Å². The lowest BCUT2D eigenvalue weighted by molar-refractivity contribution is 0.0856.